The zero-order chi connectivity index (χ0) is 9.68. The molecule has 5 heteroatoms. The molecule has 13 heavy (non-hydrogen) atoms. The second-order valence-electron chi connectivity index (χ2n) is 2.33. The lowest BCUT2D eigenvalue weighted by molar-refractivity contribution is -0.105. The van der Waals surface area contributed by atoms with E-state index < -0.39 is 0 Å². The lowest BCUT2D eigenvalue weighted by Crippen LogP contribution is -2.18. The summed E-state index contributed by atoms with van der Waals surface area (Å²) >= 11 is 4.66. The van der Waals surface area contributed by atoms with Gasteiger partial charge in [-0.2, -0.15) is 0 Å². The molecule has 4 nitrogen and oxygen atoms in total. The van der Waals surface area contributed by atoms with Gasteiger partial charge in [-0.15, -0.1) is 0 Å². The van der Waals surface area contributed by atoms with Crippen LogP contribution >= 0.6 is 12.2 Å². The first kappa shape index (κ1) is 9.47. The molecule has 68 valence electrons. The Balaban J connectivity index is 2.69. The van der Waals surface area contributed by atoms with Crippen LogP contribution in [0.25, 0.3) is 0 Å². The Morgan fingerprint density at radius 3 is 2.31 bits per heavy atom. The summed E-state index contributed by atoms with van der Waals surface area (Å²) in [5.74, 6) is 0. The number of rotatable bonds is 3. The Morgan fingerprint density at radius 1 is 1.31 bits per heavy atom. The minimum Gasteiger partial charge on any atom is -0.376 e. The molecule has 0 spiro atoms. The minimum absolute atomic E-state index is 0.219. The lowest BCUT2D eigenvalue weighted by atomic mass is 10.3. The second kappa shape index (κ2) is 4.42. The van der Waals surface area contributed by atoms with Crippen LogP contribution in [0.1, 0.15) is 0 Å². The molecule has 4 N–H and O–H groups in total. The number of hydrogen-bond acceptors (Lipinski definition) is 2. The summed E-state index contributed by atoms with van der Waals surface area (Å²) in [5.41, 5.74) is 6.79. The monoisotopic (exact) mass is 195 g/mol. The van der Waals surface area contributed by atoms with E-state index in [1.54, 1.807) is 24.3 Å². The smallest absolute Gasteiger partial charge is 0.211 e. The van der Waals surface area contributed by atoms with E-state index in [1.807, 2.05) is 0 Å². The topological polar surface area (TPSA) is 67.2 Å². The Bertz CT molecular complexity index is 310. The molecule has 1 rings (SSSR count). The fourth-order valence-electron chi connectivity index (χ4n) is 0.860. The molecule has 0 aliphatic heterocycles. The molecule has 0 saturated heterocycles. The summed E-state index contributed by atoms with van der Waals surface area (Å²) in [6.45, 7) is 0. The number of carbonyl (C=O) groups excluding carboxylic acids is 1. The molecule has 0 saturated carbocycles. The molecule has 0 heterocycles. The molecule has 1 aromatic rings. The van der Waals surface area contributed by atoms with Crippen molar-refractivity contribution in [1.82, 2.24) is 0 Å². The number of thiocarbonyl (C=S) groups is 1. The van der Waals surface area contributed by atoms with E-state index >= 15 is 0 Å². The van der Waals surface area contributed by atoms with Crippen molar-refractivity contribution in [1.29, 1.82) is 0 Å². The van der Waals surface area contributed by atoms with Gasteiger partial charge in [0.05, 0.1) is 0 Å². The van der Waals surface area contributed by atoms with Gasteiger partial charge in [0.25, 0.3) is 0 Å². The Kier molecular flexibility index (Phi) is 3.22. The van der Waals surface area contributed by atoms with Crippen LogP contribution in [0.5, 0.6) is 0 Å². The van der Waals surface area contributed by atoms with Gasteiger partial charge in [0.2, 0.25) is 6.41 Å². The van der Waals surface area contributed by atoms with Crippen molar-refractivity contribution in [2.75, 3.05) is 10.6 Å². The van der Waals surface area contributed by atoms with E-state index in [4.69, 9.17) is 5.73 Å². The van der Waals surface area contributed by atoms with Gasteiger partial charge in [0.15, 0.2) is 5.11 Å². The maximum Gasteiger partial charge on any atom is 0.211 e. The lowest BCUT2D eigenvalue weighted by Gasteiger charge is -2.04. The predicted molar refractivity (Wildman–Crippen MR) is 56.5 cm³/mol. The highest BCUT2D eigenvalue weighted by Crippen LogP contribution is 2.12. The molecule has 0 aliphatic carbocycles. The van der Waals surface area contributed by atoms with Crippen LogP contribution in [-0.2, 0) is 4.79 Å². The van der Waals surface area contributed by atoms with Crippen molar-refractivity contribution in [2.24, 2.45) is 5.73 Å². The summed E-state index contributed by atoms with van der Waals surface area (Å²) in [5, 5.41) is 5.50. The summed E-state index contributed by atoms with van der Waals surface area (Å²) in [6, 6.07) is 7.03. The van der Waals surface area contributed by atoms with Crippen molar-refractivity contribution in [3.05, 3.63) is 24.3 Å². The summed E-state index contributed by atoms with van der Waals surface area (Å²) < 4.78 is 0. The highest BCUT2D eigenvalue weighted by molar-refractivity contribution is 7.80. The molecule has 0 aromatic heterocycles. The fourth-order valence-corrected chi connectivity index (χ4v) is 0.978. The molecule has 0 atom stereocenters. The van der Waals surface area contributed by atoms with Crippen molar-refractivity contribution in [3.63, 3.8) is 0 Å². The van der Waals surface area contributed by atoms with Gasteiger partial charge in [0, 0.05) is 11.4 Å². The first-order valence-electron chi connectivity index (χ1n) is 3.59. The number of amides is 1. The molecule has 0 aliphatic rings. The molecule has 1 aromatic carbocycles. The Labute approximate surface area is 81.1 Å². The van der Waals surface area contributed by atoms with Crippen molar-refractivity contribution in [3.8, 4) is 0 Å². The van der Waals surface area contributed by atoms with Crippen LogP contribution in [-0.4, -0.2) is 11.5 Å². The van der Waals surface area contributed by atoms with Gasteiger partial charge in [-0.25, -0.2) is 0 Å². The number of benzene rings is 1. The second-order valence-corrected chi connectivity index (χ2v) is 2.77. The summed E-state index contributed by atoms with van der Waals surface area (Å²) in [7, 11) is 0. The zero-order valence-corrected chi connectivity index (χ0v) is 7.60. The first-order valence-corrected chi connectivity index (χ1v) is 4.00. The standard InChI is InChI=1S/C8H9N3OS/c9-8(13)11-7-3-1-6(2-4-7)10-5-12/h1-5H,(H,10,12)(H3,9,11,13). The largest absolute Gasteiger partial charge is 0.376 e. The third-order valence-electron chi connectivity index (χ3n) is 1.38. The van der Waals surface area contributed by atoms with Crippen LogP contribution in [0.4, 0.5) is 11.4 Å². The van der Waals surface area contributed by atoms with Crippen LogP contribution in [0.2, 0.25) is 0 Å². The van der Waals surface area contributed by atoms with Crippen LogP contribution in [0.3, 0.4) is 0 Å². The van der Waals surface area contributed by atoms with E-state index in [0.29, 0.717) is 6.41 Å². The van der Waals surface area contributed by atoms with Crippen molar-refractivity contribution in [2.45, 2.75) is 0 Å². The fraction of sp³-hybridized carbons (Fsp3) is 0. The number of carbonyl (C=O) groups is 1. The SMILES string of the molecule is NC(=S)Nc1ccc(NC=O)cc1. The number of hydrogen-bond donors (Lipinski definition) is 3. The van der Waals surface area contributed by atoms with E-state index in [2.05, 4.69) is 22.9 Å². The quantitative estimate of drug-likeness (QED) is 0.495. The van der Waals surface area contributed by atoms with Gasteiger partial charge in [-0.1, -0.05) is 0 Å². The molecule has 0 radical (unpaired) electrons. The molecular weight excluding hydrogens is 186 g/mol. The number of nitrogens with one attached hydrogen (secondary N) is 2. The highest BCUT2D eigenvalue weighted by Gasteiger charge is 1.93. The van der Waals surface area contributed by atoms with Gasteiger partial charge in [0.1, 0.15) is 0 Å². The Morgan fingerprint density at radius 2 is 1.85 bits per heavy atom. The third-order valence-corrected chi connectivity index (χ3v) is 1.48. The van der Waals surface area contributed by atoms with Crippen LogP contribution in [0, 0.1) is 0 Å². The minimum atomic E-state index is 0.219. The van der Waals surface area contributed by atoms with E-state index in [1.165, 1.54) is 0 Å². The van der Waals surface area contributed by atoms with Gasteiger partial charge in [-0.3, -0.25) is 4.79 Å². The van der Waals surface area contributed by atoms with Crippen LogP contribution in [0.15, 0.2) is 24.3 Å². The maximum atomic E-state index is 10.1. The molecule has 0 bridgehead atoms. The highest BCUT2D eigenvalue weighted by atomic mass is 32.1. The van der Waals surface area contributed by atoms with Crippen molar-refractivity contribution < 1.29 is 4.79 Å². The van der Waals surface area contributed by atoms with Crippen LogP contribution < -0.4 is 16.4 Å². The molecule has 0 fully saturated rings. The number of nitrogens with two attached hydrogens (primary N) is 1. The number of anilines is 2. The molecular formula is C8H9N3OS. The molecule has 1 amide bonds. The first-order chi connectivity index (χ1) is 6.22. The zero-order valence-electron chi connectivity index (χ0n) is 6.78. The van der Waals surface area contributed by atoms with Gasteiger partial charge < -0.3 is 16.4 Å². The van der Waals surface area contributed by atoms with E-state index in [9.17, 15) is 4.79 Å². The van der Waals surface area contributed by atoms with Crippen molar-refractivity contribution >= 4 is 35.1 Å². The summed E-state index contributed by atoms with van der Waals surface area (Å²) in [6.07, 6.45) is 0.621. The van der Waals surface area contributed by atoms with E-state index in [-0.39, 0.29) is 5.11 Å². The van der Waals surface area contributed by atoms with Gasteiger partial charge >= 0.3 is 0 Å². The normalized spacial score (nSPS) is 8.92. The maximum absolute atomic E-state index is 10.1. The van der Waals surface area contributed by atoms with E-state index in [0.717, 1.165) is 11.4 Å². The predicted octanol–water partition coefficient (Wildman–Crippen LogP) is 0.910. The van der Waals surface area contributed by atoms with Gasteiger partial charge in [-0.05, 0) is 36.5 Å². The molecule has 0 unspecified atom stereocenters. The average Bonchev–Trinajstić information content (AvgIpc) is 2.08. The average molecular weight is 195 g/mol. The third kappa shape index (κ3) is 3.08. The Hall–Kier alpha value is -1.62. The summed E-state index contributed by atoms with van der Waals surface area (Å²) in [4.78, 5) is 10.1.